The smallest absolute Gasteiger partial charge is 0.328 e. The molecule has 2 N–H and O–H groups in total. The van der Waals surface area contributed by atoms with E-state index in [9.17, 15) is 9.59 Å². The van der Waals surface area contributed by atoms with E-state index in [1.54, 1.807) is 0 Å². The molecule has 13 heavy (non-hydrogen) atoms. The fraction of sp³-hybridized carbons (Fsp3) is 0.500. The van der Waals surface area contributed by atoms with Gasteiger partial charge in [0.05, 0.1) is 13.4 Å². The molecule has 74 valence electrons. The molecule has 0 saturated carbocycles. The molecule has 0 aliphatic heterocycles. The Balaban J connectivity index is 4.20. The number of carboxylic acid groups (broad SMARTS) is 1. The molecule has 1 amide bonds. The van der Waals surface area contributed by atoms with Crippen molar-refractivity contribution in [1.29, 1.82) is 0 Å². The largest absolute Gasteiger partial charge is 0.504 e. The fourth-order valence-corrected chi connectivity index (χ4v) is 0.533. The highest BCUT2D eigenvalue weighted by molar-refractivity contribution is 5.92. The van der Waals surface area contributed by atoms with Crippen LogP contribution in [0.4, 0.5) is 0 Å². The zero-order chi connectivity index (χ0) is 10.5. The second-order valence-electron chi connectivity index (χ2n) is 2.96. The van der Waals surface area contributed by atoms with Crippen LogP contribution in [0.15, 0.2) is 12.3 Å². The maximum Gasteiger partial charge on any atom is 0.328 e. The molecule has 5 nitrogen and oxygen atoms in total. The van der Waals surface area contributed by atoms with E-state index in [-0.39, 0.29) is 0 Å². The monoisotopic (exact) mass is 187 g/mol. The first-order valence-corrected chi connectivity index (χ1v) is 3.65. The first-order valence-electron chi connectivity index (χ1n) is 3.65. The van der Waals surface area contributed by atoms with Gasteiger partial charge in [0.1, 0.15) is 5.54 Å². The summed E-state index contributed by atoms with van der Waals surface area (Å²) in [6.07, 6.45) is 2.29. The van der Waals surface area contributed by atoms with Crippen molar-refractivity contribution in [2.45, 2.75) is 19.4 Å². The van der Waals surface area contributed by atoms with Crippen molar-refractivity contribution < 1.29 is 19.4 Å². The first kappa shape index (κ1) is 11.5. The number of nitrogens with one attached hydrogen (secondary N) is 1. The number of rotatable bonds is 4. The highest BCUT2D eigenvalue weighted by atomic mass is 16.5. The van der Waals surface area contributed by atoms with Gasteiger partial charge < -0.3 is 15.2 Å². The van der Waals surface area contributed by atoms with Crippen molar-refractivity contribution in [1.82, 2.24) is 5.32 Å². The van der Waals surface area contributed by atoms with Gasteiger partial charge in [-0.1, -0.05) is 0 Å². The standard InChI is InChI=1S/C8H13NO4/c1-8(2,7(11)12)9-6(10)4-5-13-3/h4-5H,1-3H3,(H,9,10)(H,11,12)/b5-4+. The van der Waals surface area contributed by atoms with Crippen LogP contribution in [0.2, 0.25) is 0 Å². The van der Waals surface area contributed by atoms with E-state index in [4.69, 9.17) is 5.11 Å². The summed E-state index contributed by atoms with van der Waals surface area (Å²) >= 11 is 0. The number of carboxylic acids is 1. The number of hydrogen-bond donors (Lipinski definition) is 2. The van der Waals surface area contributed by atoms with Gasteiger partial charge in [-0.3, -0.25) is 4.79 Å². The van der Waals surface area contributed by atoms with E-state index in [1.165, 1.54) is 27.2 Å². The number of amides is 1. The molecule has 0 aromatic carbocycles. The number of methoxy groups -OCH3 is 1. The molecule has 0 heterocycles. The van der Waals surface area contributed by atoms with E-state index < -0.39 is 17.4 Å². The third-order valence-corrected chi connectivity index (χ3v) is 1.33. The second kappa shape index (κ2) is 4.49. The number of carbonyl (C=O) groups is 2. The molecule has 0 bridgehead atoms. The SMILES string of the molecule is CO/C=C/C(=O)NC(C)(C)C(=O)O. The maximum atomic E-state index is 11.0. The van der Waals surface area contributed by atoms with Crippen LogP contribution in [0.5, 0.6) is 0 Å². The predicted octanol–water partition coefficient (Wildman–Crippen LogP) is 0.126. The average Bonchev–Trinajstić information content (AvgIpc) is 1.99. The molecule has 0 atom stereocenters. The highest BCUT2D eigenvalue weighted by Gasteiger charge is 2.27. The Bertz CT molecular complexity index is 232. The van der Waals surface area contributed by atoms with Crippen molar-refractivity contribution in [3.05, 3.63) is 12.3 Å². The predicted molar refractivity (Wildman–Crippen MR) is 46.0 cm³/mol. The maximum absolute atomic E-state index is 11.0. The van der Waals surface area contributed by atoms with Crippen LogP contribution in [0, 0.1) is 0 Å². The van der Waals surface area contributed by atoms with Crippen LogP contribution >= 0.6 is 0 Å². The summed E-state index contributed by atoms with van der Waals surface area (Å²) in [6, 6.07) is 0. The molecular weight excluding hydrogens is 174 g/mol. The molecule has 0 aromatic heterocycles. The third-order valence-electron chi connectivity index (χ3n) is 1.33. The lowest BCUT2D eigenvalue weighted by Gasteiger charge is -2.19. The zero-order valence-electron chi connectivity index (χ0n) is 7.83. The van der Waals surface area contributed by atoms with Crippen LogP contribution in [0.1, 0.15) is 13.8 Å². The van der Waals surface area contributed by atoms with Crippen LogP contribution in [0.3, 0.4) is 0 Å². The van der Waals surface area contributed by atoms with E-state index in [0.717, 1.165) is 6.08 Å². The van der Waals surface area contributed by atoms with Crippen molar-refractivity contribution in [2.24, 2.45) is 0 Å². The zero-order valence-corrected chi connectivity index (χ0v) is 7.83. The average molecular weight is 187 g/mol. The summed E-state index contributed by atoms with van der Waals surface area (Å²) in [4.78, 5) is 21.5. The Morgan fingerprint density at radius 1 is 1.46 bits per heavy atom. The van der Waals surface area contributed by atoms with Gasteiger partial charge in [-0.2, -0.15) is 0 Å². The lowest BCUT2D eigenvalue weighted by molar-refractivity contribution is -0.145. The number of ether oxygens (including phenoxy) is 1. The first-order chi connectivity index (χ1) is 5.90. The molecule has 0 unspecified atom stereocenters. The van der Waals surface area contributed by atoms with E-state index >= 15 is 0 Å². The minimum atomic E-state index is -1.27. The van der Waals surface area contributed by atoms with Gasteiger partial charge in [0.2, 0.25) is 5.91 Å². The summed E-state index contributed by atoms with van der Waals surface area (Å²) in [7, 11) is 1.39. The van der Waals surface area contributed by atoms with Crippen molar-refractivity contribution in [3.63, 3.8) is 0 Å². The Labute approximate surface area is 76.4 Å². The summed E-state index contributed by atoms with van der Waals surface area (Å²) in [5.41, 5.74) is -1.27. The molecule has 0 radical (unpaired) electrons. The molecule has 0 saturated heterocycles. The molecule has 5 heteroatoms. The van der Waals surface area contributed by atoms with E-state index in [1.807, 2.05) is 0 Å². The van der Waals surface area contributed by atoms with E-state index in [0.29, 0.717) is 0 Å². The fourth-order valence-electron chi connectivity index (χ4n) is 0.533. The summed E-state index contributed by atoms with van der Waals surface area (Å²) in [5.74, 6) is -1.60. The van der Waals surface area contributed by atoms with E-state index in [2.05, 4.69) is 10.1 Å². The molecule has 0 aromatic rings. The van der Waals surface area contributed by atoms with Gasteiger partial charge in [0, 0.05) is 6.08 Å². The second-order valence-corrected chi connectivity index (χ2v) is 2.96. The van der Waals surface area contributed by atoms with Crippen LogP contribution in [-0.2, 0) is 14.3 Å². The highest BCUT2D eigenvalue weighted by Crippen LogP contribution is 2.01. The Morgan fingerprint density at radius 3 is 2.38 bits per heavy atom. The number of hydrogen-bond acceptors (Lipinski definition) is 3. The van der Waals surface area contributed by atoms with Crippen molar-refractivity contribution in [2.75, 3.05) is 7.11 Å². The Morgan fingerprint density at radius 2 is 2.00 bits per heavy atom. The van der Waals surface area contributed by atoms with Gasteiger partial charge >= 0.3 is 5.97 Å². The molecule has 0 aliphatic rings. The minimum Gasteiger partial charge on any atom is -0.504 e. The van der Waals surface area contributed by atoms with Gasteiger partial charge in [-0.15, -0.1) is 0 Å². The summed E-state index contributed by atoms with van der Waals surface area (Å²) in [6.45, 7) is 2.79. The van der Waals surface area contributed by atoms with Crippen LogP contribution in [-0.4, -0.2) is 29.6 Å². The molecule has 0 rings (SSSR count). The van der Waals surface area contributed by atoms with Crippen LogP contribution in [0.25, 0.3) is 0 Å². The lowest BCUT2D eigenvalue weighted by atomic mass is 10.1. The van der Waals surface area contributed by atoms with Crippen molar-refractivity contribution in [3.8, 4) is 0 Å². The molecular formula is C8H13NO4. The lowest BCUT2D eigenvalue weighted by Crippen LogP contribution is -2.49. The van der Waals surface area contributed by atoms with Crippen molar-refractivity contribution >= 4 is 11.9 Å². The summed E-state index contributed by atoms with van der Waals surface area (Å²) < 4.78 is 4.50. The van der Waals surface area contributed by atoms with Gasteiger partial charge in [0.25, 0.3) is 0 Å². The molecule has 0 aliphatic carbocycles. The Kier molecular flexibility index (Phi) is 3.97. The molecule has 0 spiro atoms. The minimum absolute atomic E-state index is 0.505. The van der Waals surface area contributed by atoms with Gasteiger partial charge in [-0.05, 0) is 13.8 Å². The summed E-state index contributed by atoms with van der Waals surface area (Å²) in [5, 5.41) is 10.9. The number of aliphatic carboxylic acids is 1. The van der Waals surface area contributed by atoms with Gasteiger partial charge in [0.15, 0.2) is 0 Å². The third kappa shape index (κ3) is 4.15. The quantitative estimate of drug-likeness (QED) is 0.484. The normalized spacial score (nSPS) is 11.3. The Hall–Kier alpha value is -1.52. The molecule has 0 fully saturated rings. The van der Waals surface area contributed by atoms with Crippen LogP contribution < -0.4 is 5.32 Å². The number of carbonyl (C=O) groups excluding carboxylic acids is 1. The topological polar surface area (TPSA) is 75.6 Å². The van der Waals surface area contributed by atoms with Gasteiger partial charge in [-0.25, -0.2) is 4.79 Å².